The van der Waals surface area contributed by atoms with Gasteiger partial charge in [0, 0.05) is 31.7 Å². The summed E-state index contributed by atoms with van der Waals surface area (Å²) in [6.07, 6.45) is 9.10. The van der Waals surface area contributed by atoms with E-state index in [2.05, 4.69) is 0 Å². The lowest BCUT2D eigenvalue weighted by atomic mass is 9.75. The Morgan fingerprint density at radius 1 is 0.929 bits per heavy atom. The Hall–Kier alpha value is -1.40. The van der Waals surface area contributed by atoms with E-state index >= 15 is 0 Å². The van der Waals surface area contributed by atoms with Crippen molar-refractivity contribution < 1.29 is 13.2 Å². The van der Waals surface area contributed by atoms with Gasteiger partial charge in [0.1, 0.15) is 0 Å². The number of rotatable bonds is 3. The van der Waals surface area contributed by atoms with E-state index in [-0.39, 0.29) is 5.91 Å². The van der Waals surface area contributed by atoms with Gasteiger partial charge in [0.2, 0.25) is 10.0 Å². The summed E-state index contributed by atoms with van der Waals surface area (Å²) in [5.41, 5.74) is 1.23. The zero-order valence-electron chi connectivity index (χ0n) is 16.9. The number of carbonyl (C=O) groups excluding carboxylic acids is 1. The molecule has 2 heterocycles. The van der Waals surface area contributed by atoms with Gasteiger partial charge in [0.15, 0.2) is 0 Å². The van der Waals surface area contributed by atoms with Crippen LogP contribution in [-0.4, -0.2) is 49.7 Å². The van der Waals surface area contributed by atoms with Crippen LogP contribution in [0.3, 0.4) is 0 Å². The number of benzene rings is 1. The number of hydrogen-bond acceptors (Lipinski definition) is 3. The smallest absolute Gasteiger partial charge is 0.253 e. The maximum Gasteiger partial charge on any atom is 0.253 e. The summed E-state index contributed by atoms with van der Waals surface area (Å²) in [5, 5.41) is 0. The van der Waals surface area contributed by atoms with Crippen molar-refractivity contribution in [1.29, 1.82) is 0 Å². The molecule has 3 aliphatic rings. The number of hydrogen-bond donors (Lipinski definition) is 0. The van der Waals surface area contributed by atoms with E-state index in [0.29, 0.717) is 35.0 Å². The van der Waals surface area contributed by atoms with Gasteiger partial charge in [0.05, 0.1) is 4.90 Å². The number of likely N-dealkylation sites (tertiary alicyclic amines) is 1. The lowest BCUT2D eigenvalue weighted by molar-refractivity contribution is 0.0520. The molecule has 2 aliphatic heterocycles. The molecule has 6 heteroatoms. The summed E-state index contributed by atoms with van der Waals surface area (Å²) in [6, 6.07) is 5.20. The Balaban J connectivity index is 1.55. The maximum absolute atomic E-state index is 13.2. The Bertz CT molecular complexity index is 830. The van der Waals surface area contributed by atoms with Crippen molar-refractivity contribution in [3.8, 4) is 0 Å². The first-order valence-electron chi connectivity index (χ1n) is 10.9. The zero-order valence-corrected chi connectivity index (χ0v) is 17.7. The molecule has 154 valence electrons. The first kappa shape index (κ1) is 19.9. The highest BCUT2D eigenvalue weighted by Crippen LogP contribution is 2.36. The fourth-order valence-corrected chi connectivity index (χ4v) is 6.99. The van der Waals surface area contributed by atoms with Crippen LogP contribution in [0.2, 0.25) is 0 Å². The van der Waals surface area contributed by atoms with Gasteiger partial charge in [-0.05, 0) is 62.1 Å². The van der Waals surface area contributed by atoms with Gasteiger partial charge in [-0.25, -0.2) is 8.42 Å². The van der Waals surface area contributed by atoms with Crippen molar-refractivity contribution in [2.45, 2.75) is 63.2 Å². The van der Waals surface area contributed by atoms with Gasteiger partial charge in [-0.1, -0.05) is 31.7 Å². The molecule has 0 aromatic heterocycles. The lowest BCUT2D eigenvalue weighted by Gasteiger charge is -2.41. The molecule has 0 N–H and O–H groups in total. The van der Waals surface area contributed by atoms with Crippen molar-refractivity contribution in [3.05, 3.63) is 29.3 Å². The van der Waals surface area contributed by atoms with Crippen molar-refractivity contribution in [1.82, 2.24) is 9.21 Å². The fraction of sp³-hybridized carbons (Fsp3) is 0.682. The van der Waals surface area contributed by atoms with Crippen LogP contribution in [0.25, 0.3) is 0 Å². The van der Waals surface area contributed by atoms with Gasteiger partial charge >= 0.3 is 0 Å². The molecule has 2 saturated heterocycles. The van der Waals surface area contributed by atoms with Crippen LogP contribution in [0.1, 0.15) is 67.3 Å². The summed E-state index contributed by atoms with van der Waals surface area (Å²) in [6.45, 7) is 4.59. The molecule has 0 spiro atoms. The molecule has 1 amide bonds. The van der Waals surface area contributed by atoms with Crippen LogP contribution in [0.15, 0.2) is 23.1 Å². The van der Waals surface area contributed by atoms with E-state index in [1.807, 2.05) is 11.8 Å². The molecular weight excluding hydrogens is 372 g/mol. The Morgan fingerprint density at radius 2 is 1.64 bits per heavy atom. The molecule has 0 unspecified atom stereocenters. The minimum Gasteiger partial charge on any atom is -0.338 e. The predicted molar refractivity (Wildman–Crippen MR) is 110 cm³/mol. The van der Waals surface area contributed by atoms with Crippen molar-refractivity contribution in [3.63, 3.8) is 0 Å². The number of piperidine rings is 2. The third-order valence-corrected chi connectivity index (χ3v) is 8.99. The quantitative estimate of drug-likeness (QED) is 0.769. The second-order valence-electron chi connectivity index (χ2n) is 8.79. The molecule has 1 aromatic rings. The summed E-state index contributed by atoms with van der Waals surface area (Å²) in [5.74, 6) is 1.37. The number of amides is 1. The standard InChI is InChI=1S/C22H32N2O3S/c1-17-9-10-19(15-21(17)28(26,27)24-12-5-2-6-13-24)22(25)23-14-11-18-7-3-4-8-20(18)16-23/h9-10,15,18,20H,2-8,11-14,16H2,1H3/t18-,20-/m1/s1. The van der Waals surface area contributed by atoms with Crippen molar-refractivity contribution >= 4 is 15.9 Å². The molecule has 4 rings (SSSR count). The van der Waals surface area contributed by atoms with Crippen molar-refractivity contribution in [2.24, 2.45) is 11.8 Å². The fourth-order valence-electron chi connectivity index (χ4n) is 5.22. The van der Waals surface area contributed by atoms with Crippen LogP contribution in [-0.2, 0) is 10.0 Å². The van der Waals surface area contributed by atoms with Crippen LogP contribution < -0.4 is 0 Å². The molecule has 0 bridgehead atoms. The minimum absolute atomic E-state index is 0.0147. The monoisotopic (exact) mass is 404 g/mol. The highest BCUT2D eigenvalue weighted by Gasteiger charge is 2.34. The number of sulfonamides is 1. The van der Waals surface area contributed by atoms with Gasteiger partial charge < -0.3 is 4.90 Å². The van der Waals surface area contributed by atoms with Crippen LogP contribution in [0.4, 0.5) is 0 Å². The Morgan fingerprint density at radius 3 is 2.39 bits per heavy atom. The SMILES string of the molecule is Cc1ccc(C(=O)N2CC[C@H]3CCCC[C@@H]3C2)cc1S(=O)(=O)N1CCCCC1. The minimum atomic E-state index is -3.54. The third-order valence-electron chi connectivity index (χ3n) is 6.95. The van der Waals surface area contributed by atoms with Gasteiger partial charge in [-0.3, -0.25) is 4.79 Å². The highest BCUT2D eigenvalue weighted by molar-refractivity contribution is 7.89. The number of fused-ring (bicyclic) bond motifs is 1. The van der Waals surface area contributed by atoms with E-state index in [4.69, 9.17) is 0 Å². The Kier molecular flexibility index (Phi) is 5.79. The van der Waals surface area contributed by atoms with E-state index in [9.17, 15) is 13.2 Å². The van der Waals surface area contributed by atoms with Crippen LogP contribution >= 0.6 is 0 Å². The summed E-state index contributed by atoms with van der Waals surface area (Å²) in [4.78, 5) is 15.4. The van der Waals surface area contributed by atoms with Crippen LogP contribution in [0, 0.1) is 18.8 Å². The molecule has 5 nitrogen and oxygen atoms in total. The summed E-state index contributed by atoms with van der Waals surface area (Å²) < 4.78 is 27.9. The summed E-state index contributed by atoms with van der Waals surface area (Å²) >= 11 is 0. The molecule has 2 atom stereocenters. The van der Waals surface area contributed by atoms with Crippen molar-refractivity contribution in [2.75, 3.05) is 26.2 Å². The zero-order chi connectivity index (χ0) is 19.7. The van der Waals surface area contributed by atoms with E-state index in [1.54, 1.807) is 22.5 Å². The van der Waals surface area contributed by atoms with Gasteiger partial charge in [-0.2, -0.15) is 4.31 Å². The molecule has 1 aliphatic carbocycles. The number of carbonyl (C=O) groups is 1. The average molecular weight is 405 g/mol. The molecular formula is C22H32N2O3S. The Labute approximate surface area is 169 Å². The van der Waals surface area contributed by atoms with Gasteiger partial charge in [0.25, 0.3) is 5.91 Å². The first-order chi connectivity index (χ1) is 13.5. The normalized spacial score (nSPS) is 26.7. The maximum atomic E-state index is 13.2. The molecule has 3 fully saturated rings. The second-order valence-corrected chi connectivity index (χ2v) is 10.7. The highest BCUT2D eigenvalue weighted by atomic mass is 32.2. The first-order valence-corrected chi connectivity index (χ1v) is 12.3. The van der Waals surface area contributed by atoms with Gasteiger partial charge in [-0.15, -0.1) is 0 Å². The van der Waals surface area contributed by atoms with E-state index < -0.39 is 10.0 Å². The van der Waals surface area contributed by atoms with E-state index in [0.717, 1.165) is 44.7 Å². The average Bonchev–Trinajstić information content (AvgIpc) is 2.73. The van der Waals surface area contributed by atoms with Crippen LogP contribution in [0.5, 0.6) is 0 Å². The molecule has 0 radical (unpaired) electrons. The largest absolute Gasteiger partial charge is 0.338 e. The predicted octanol–water partition coefficient (Wildman–Crippen LogP) is 3.82. The summed E-state index contributed by atoms with van der Waals surface area (Å²) in [7, 11) is -3.54. The molecule has 28 heavy (non-hydrogen) atoms. The molecule has 1 saturated carbocycles. The molecule has 1 aromatic carbocycles. The topological polar surface area (TPSA) is 57.7 Å². The number of aryl methyl sites for hydroxylation is 1. The lowest BCUT2D eigenvalue weighted by Crippen LogP contribution is -2.44. The third kappa shape index (κ3) is 3.86. The number of nitrogens with zero attached hydrogens (tertiary/aromatic N) is 2. The van der Waals surface area contributed by atoms with E-state index in [1.165, 1.54) is 25.7 Å². The second kappa shape index (κ2) is 8.15.